The highest BCUT2D eigenvalue weighted by Crippen LogP contribution is 2.30. The van der Waals surface area contributed by atoms with Gasteiger partial charge in [-0.3, -0.25) is 9.69 Å². The fourth-order valence-electron chi connectivity index (χ4n) is 4.82. The van der Waals surface area contributed by atoms with Crippen LogP contribution in [0.5, 0.6) is 0 Å². The van der Waals surface area contributed by atoms with Gasteiger partial charge in [0.25, 0.3) is 5.91 Å². The molecule has 0 bridgehead atoms. The molecule has 9 nitrogen and oxygen atoms in total. The highest BCUT2D eigenvalue weighted by Gasteiger charge is 2.23. The van der Waals surface area contributed by atoms with Crippen molar-refractivity contribution in [2.45, 2.75) is 18.8 Å². The second-order valence-electron chi connectivity index (χ2n) is 10.2. The molecule has 1 fully saturated rings. The molecule has 0 radical (unpaired) electrons. The van der Waals surface area contributed by atoms with Crippen LogP contribution in [0.1, 0.15) is 40.2 Å². The minimum absolute atomic E-state index is 0.0387. The number of anilines is 1. The van der Waals surface area contributed by atoms with Crippen molar-refractivity contribution in [3.05, 3.63) is 107 Å². The fourth-order valence-corrected chi connectivity index (χ4v) is 4.82. The molecule has 2 heterocycles. The standard InChI is InChI=1S/C28H32F2N4O.C4H4O4/c1-32(2)28(35)26-5-3-15-31-27(26)34-19-17-33(18-20-34)16-4-6-25(21-7-11-23(29)12-8-21)22-9-13-24(30)14-10-22;5-3(6)1-2-4(7)8/h3,5,7-15,25H,4,6,16-20H2,1-2H3;1-2H,(H,5,6)(H,7,8). The Morgan fingerprint density at radius 2 is 1.37 bits per heavy atom. The molecule has 1 aliphatic rings. The first kappa shape index (κ1) is 32.9. The zero-order chi connectivity index (χ0) is 31.4. The molecule has 1 aliphatic heterocycles. The quantitative estimate of drug-likeness (QED) is 0.330. The molecule has 0 unspecified atom stereocenters. The zero-order valence-electron chi connectivity index (χ0n) is 24.2. The Morgan fingerprint density at radius 3 is 1.84 bits per heavy atom. The van der Waals surface area contributed by atoms with Crippen molar-refractivity contribution in [2.75, 3.05) is 51.7 Å². The van der Waals surface area contributed by atoms with Crippen molar-refractivity contribution in [2.24, 2.45) is 0 Å². The lowest BCUT2D eigenvalue weighted by Crippen LogP contribution is -2.47. The van der Waals surface area contributed by atoms with Crippen molar-refractivity contribution < 1.29 is 33.4 Å². The van der Waals surface area contributed by atoms with Crippen LogP contribution in [-0.2, 0) is 9.59 Å². The second kappa shape index (κ2) is 16.1. The fraction of sp³-hybridized carbons (Fsp3) is 0.312. The van der Waals surface area contributed by atoms with E-state index in [4.69, 9.17) is 10.2 Å². The van der Waals surface area contributed by atoms with Crippen molar-refractivity contribution in [1.29, 1.82) is 0 Å². The number of carbonyl (C=O) groups excluding carboxylic acids is 1. The zero-order valence-corrected chi connectivity index (χ0v) is 24.2. The molecular weight excluding hydrogens is 558 g/mol. The largest absolute Gasteiger partial charge is 0.478 e. The van der Waals surface area contributed by atoms with E-state index in [-0.39, 0.29) is 23.5 Å². The number of aromatic nitrogens is 1. The van der Waals surface area contributed by atoms with Gasteiger partial charge in [0.2, 0.25) is 0 Å². The van der Waals surface area contributed by atoms with Crippen LogP contribution in [-0.4, -0.2) is 89.7 Å². The second-order valence-corrected chi connectivity index (χ2v) is 10.2. The summed E-state index contributed by atoms with van der Waals surface area (Å²) in [7, 11) is 3.50. The number of rotatable bonds is 10. The summed E-state index contributed by atoms with van der Waals surface area (Å²) in [6.45, 7) is 4.35. The minimum atomic E-state index is -1.26. The number of aliphatic carboxylic acids is 2. The van der Waals surface area contributed by atoms with Crippen LogP contribution in [0.3, 0.4) is 0 Å². The molecule has 3 aromatic rings. The molecule has 1 aromatic heterocycles. The first-order chi connectivity index (χ1) is 20.5. The summed E-state index contributed by atoms with van der Waals surface area (Å²) in [6, 6.07) is 16.9. The summed E-state index contributed by atoms with van der Waals surface area (Å²) < 4.78 is 27.0. The van der Waals surface area contributed by atoms with Gasteiger partial charge >= 0.3 is 11.9 Å². The first-order valence-corrected chi connectivity index (χ1v) is 13.8. The van der Waals surface area contributed by atoms with Crippen LogP contribution in [0.2, 0.25) is 0 Å². The van der Waals surface area contributed by atoms with Gasteiger partial charge in [-0.1, -0.05) is 24.3 Å². The minimum Gasteiger partial charge on any atom is -0.478 e. The average Bonchev–Trinajstić information content (AvgIpc) is 3.00. The van der Waals surface area contributed by atoms with Crippen molar-refractivity contribution in [3.8, 4) is 0 Å². The topological polar surface area (TPSA) is 114 Å². The molecule has 0 spiro atoms. The molecule has 1 saturated heterocycles. The number of benzene rings is 2. The van der Waals surface area contributed by atoms with Crippen LogP contribution in [0.25, 0.3) is 0 Å². The summed E-state index contributed by atoms with van der Waals surface area (Å²) in [5.74, 6) is -2.23. The maximum Gasteiger partial charge on any atom is 0.328 e. The van der Waals surface area contributed by atoms with Gasteiger partial charge in [0.15, 0.2) is 0 Å². The van der Waals surface area contributed by atoms with Gasteiger partial charge in [-0.15, -0.1) is 0 Å². The lowest BCUT2D eigenvalue weighted by Gasteiger charge is -2.36. The van der Waals surface area contributed by atoms with E-state index in [0.29, 0.717) is 17.7 Å². The van der Waals surface area contributed by atoms with Crippen LogP contribution in [0.15, 0.2) is 79.0 Å². The van der Waals surface area contributed by atoms with E-state index in [1.165, 1.54) is 24.3 Å². The normalized spacial score (nSPS) is 13.5. The monoisotopic (exact) mass is 594 g/mol. The Hall–Kier alpha value is -4.64. The Bertz CT molecular complexity index is 1330. The summed E-state index contributed by atoms with van der Waals surface area (Å²) in [4.78, 5) is 42.4. The van der Waals surface area contributed by atoms with E-state index in [2.05, 4.69) is 14.8 Å². The smallest absolute Gasteiger partial charge is 0.328 e. The van der Waals surface area contributed by atoms with Crippen molar-refractivity contribution >= 4 is 23.7 Å². The van der Waals surface area contributed by atoms with Gasteiger partial charge in [-0.25, -0.2) is 23.4 Å². The summed E-state index contributed by atoms with van der Waals surface area (Å²) in [5, 5.41) is 15.6. The first-order valence-electron chi connectivity index (χ1n) is 13.8. The Morgan fingerprint density at radius 1 is 0.860 bits per heavy atom. The molecule has 43 heavy (non-hydrogen) atoms. The molecule has 0 atom stereocenters. The van der Waals surface area contributed by atoms with Crippen LogP contribution < -0.4 is 4.90 Å². The molecule has 11 heteroatoms. The lowest BCUT2D eigenvalue weighted by molar-refractivity contribution is -0.134. The molecule has 2 aromatic carbocycles. The molecule has 228 valence electrons. The van der Waals surface area contributed by atoms with Crippen molar-refractivity contribution in [3.63, 3.8) is 0 Å². The number of pyridine rings is 1. The molecular formula is C32H36F2N4O5. The number of amides is 1. The van der Waals surface area contributed by atoms with Gasteiger partial charge in [-0.2, -0.15) is 0 Å². The predicted molar refractivity (Wildman–Crippen MR) is 159 cm³/mol. The Kier molecular flexibility index (Phi) is 12.3. The predicted octanol–water partition coefficient (Wildman–Crippen LogP) is 4.51. The average molecular weight is 595 g/mol. The number of halogens is 2. The maximum atomic E-state index is 13.5. The van der Waals surface area contributed by atoms with E-state index in [1.54, 1.807) is 31.3 Å². The number of hydrogen-bond donors (Lipinski definition) is 2. The SMILES string of the molecule is CN(C)C(=O)c1cccnc1N1CCN(CCCC(c2ccc(F)cc2)c2ccc(F)cc2)CC1.O=C(O)C=CC(=O)O. The molecule has 1 amide bonds. The van der Waals surface area contributed by atoms with Gasteiger partial charge in [-0.05, 0) is 66.9 Å². The van der Waals surface area contributed by atoms with E-state index >= 15 is 0 Å². The summed E-state index contributed by atoms with van der Waals surface area (Å²) in [5.41, 5.74) is 2.71. The van der Waals surface area contributed by atoms with E-state index in [9.17, 15) is 23.2 Å². The molecule has 2 N–H and O–H groups in total. The highest BCUT2D eigenvalue weighted by molar-refractivity contribution is 5.98. The van der Waals surface area contributed by atoms with E-state index in [0.717, 1.165) is 62.5 Å². The maximum absolute atomic E-state index is 13.5. The number of piperazine rings is 1. The molecule has 4 rings (SSSR count). The number of carbonyl (C=O) groups is 3. The van der Waals surface area contributed by atoms with Crippen LogP contribution in [0.4, 0.5) is 14.6 Å². The Balaban J connectivity index is 0.000000557. The number of hydrogen-bond acceptors (Lipinski definition) is 6. The summed E-state index contributed by atoms with van der Waals surface area (Å²) >= 11 is 0. The number of nitrogens with zero attached hydrogens (tertiary/aromatic N) is 4. The van der Waals surface area contributed by atoms with E-state index < -0.39 is 11.9 Å². The van der Waals surface area contributed by atoms with Crippen molar-refractivity contribution in [1.82, 2.24) is 14.8 Å². The molecule has 0 aliphatic carbocycles. The van der Waals surface area contributed by atoms with Gasteiger partial charge in [0.1, 0.15) is 17.5 Å². The highest BCUT2D eigenvalue weighted by atomic mass is 19.1. The van der Waals surface area contributed by atoms with Gasteiger partial charge < -0.3 is 20.0 Å². The number of carboxylic acid groups (broad SMARTS) is 2. The number of carboxylic acids is 2. The van der Waals surface area contributed by atoms with Gasteiger partial charge in [0, 0.05) is 64.5 Å². The van der Waals surface area contributed by atoms with E-state index in [1.807, 2.05) is 30.3 Å². The lowest BCUT2D eigenvalue weighted by atomic mass is 9.87. The summed E-state index contributed by atoms with van der Waals surface area (Å²) in [6.07, 6.45) is 4.70. The van der Waals surface area contributed by atoms with Crippen LogP contribution in [0, 0.1) is 11.6 Å². The third kappa shape index (κ3) is 10.3. The molecule has 0 saturated carbocycles. The Labute approximate surface area is 249 Å². The van der Waals surface area contributed by atoms with Crippen LogP contribution >= 0.6 is 0 Å². The van der Waals surface area contributed by atoms with Gasteiger partial charge in [0.05, 0.1) is 5.56 Å². The third-order valence-electron chi connectivity index (χ3n) is 6.98. The third-order valence-corrected chi connectivity index (χ3v) is 6.98.